The minimum atomic E-state index is 0.00437. The number of hydrogen-bond acceptors (Lipinski definition) is 4. The van der Waals surface area contributed by atoms with Gasteiger partial charge in [-0.05, 0) is 38.3 Å². The van der Waals surface area contributed by atoms with Gasteiger partial charge in [0, 0.05) is 0 Å². The van der Waals surface area contributed by atoms with Gasteiger partial charge in [-0.2, -0.15) is 0 Å². The lowest BCUT2D eigenvalue weighted by atomic mass is 10.1. The molecule has 0 aromatic heterocycles. The molecule has 1 rings (SSSR count). The van der Waals surface area contributed by atoms with Crippen LogP contribution in [0.5, 0.6) is 11.5 Å². The average molecular weight is 405 g/mol. The van der Waals surface area contributed by atoms with E-state index in [1.54, 1.807) is 12.1 Å². The second-order valence-electron chi connectivity index (χ2n) is 7.91. The molecular weight excluding hydrogens is 364 g/mol. The van der Waals surface area contributed by atoms with E-state index >= 15 is 0 Å². The lowest BCUT2D eigenvalue weighted by Gasteiger charge is -2.18. The van der Waals surface area contributed by atoms with Crippen LogP contribution in [0.3, 0.4) is 0 Å². The molecule has 4 nitrogen and oxygen atoms in total. The molecule has 0 N–H and O–H groups in total. The molecule has 0 heterocycles. The first-order chi connectivity index (χ1) is 14.2. The molecule has 0 amide bonds. The molecule has 1 aromatic carbocycles. The van der Waals surface area contributed by atoms with E-state index < -0.39 is 0 Å². The van der Waals surface area contributed by atoms with E-state index in [-0.39, 0.29) is 6.10 Å². The van der Waals surface area contributed by atoms with Crippen molar-refractivity contribution in [1.82, 2.24) is 0 Å². The van der Waals surface area contributed by atoms with Crippen molar-refractivity contribution in [3.05, 3.63) is 23.3 Å². The van der Waals surface area contributed by atoms with E-state index in [2.05, 4.69) is 13.8 Å². The molecule has 0 spiro atoms. The minimum absolute atomic E-state index is 0.00437. The summed E-state index contributed by atoms with van der Waals surface area (Å²) in [5, 5.41) is 0. The average Bonchev–Trinajstić information content (AvgIpc) is 2.73. The van der Waals surface area contributed by atoms with E-state index in [0.717, 1.165) is 38.3 Å². The van der Waals surface area contributed by atoms with E-state index in [4.69, 9.17) is 9.47 Å². The van der Waals surface area contributed by atoms with Crippen LogP contribution in [-0.2, 0) is 0 Å². The standard InChI is InChI=1S/C25H40O4/c1-4-6-8-10-12-14-16-28-24-17-23(20-27)25(18-22(24)19-26)29-21(3)15-13-11-9-7-5-2/h17-21H,4-16H2,1-3H3. The van der Waals surface area contributed by atoms with Crippen LogP contribution in [0.15, 0.2) is 12.1 Å². The number of unbranched alkanes of at least 4 members (excludes halogenated alkanes) is 9. The molecule has 1 unspecified atom stereocenters. The number of carbonyl (C=O) groups excluding carboxylic acids is 2. The SMILES string of the molecule is CCCCCCCCOc1cc(C=O)c(OC(C)CCCCCCC)cc1C=O. The molecule has 0 saturated heterocycles. The second kappa shape index (κ2) is 16.0. The predicted molar refractivity (Wildman–Crippen MR) is 120 cm³/mol. The van der Waals surface area contributed by atoms with E-state index in [1.807, 2.05) is 6.92 Å². The fraction of sp³-hybridized carbons (Fsp3) is 0.680. The Kier molecular flexibility index (Phi) is 13.9. The normalized spacial score (nSPS) is 11.8. The molecule has 1 atom stereocenters. The molecule has 0 aliphatic heterocycles. The Morgan fingerprint density at radius 1 is 0.759 bits per heavy atom. The Labute approximate surface area is 177 Å². The zero-order valence-electron chi connectivity index (χ0n) is 18.7. The number of benzene rings is 1. The first-order valence-corrected chi connectivity index (χ1v) is 11.5. The minimum Gasteiger partial charge on any atom is -0.493 e. The number of hydrogen-bond donors (Lipinski definition) is 0. The summed E-state index contributed by atoms with van der Waals surface area (Å²) in [5.74, 6) is 0.935. The quantitative estimate of drug-likeness (QED) is 0.192. The third-order valence-corrected chi connectivity index (χ3v) is 5.19. The maximum absolute atomic E-state index is 11.5. The molecule has 0 aliphatic rings. The first kappa shape index (κ1) is 25.2. The summed E-state index contributed by atoms with van der Waals surface area (Å²) in [6.07, 6.45) is 15.6. The van der Waals surface area contributed by atoms with Crippen molar-refractivity contribution in [2.45, 2.75) is 104 Å². The lowest BCUT2D eigenvalue weighted by Crippen LogP contribution is -2.13. The largest absolute Gasteiger partial charge is 0.493 e. The van der Waals surface area contributed by atoms with Gasteiger partial charge in [0.2, 0.25) is 0 Å². The molecule has 0 aliphatic carbocycles. The summed E-state index contributed by atoms with van der Waals surface area (Å²) in [7, 11) is 0. The van der Waals surface area contributed by atoms with Crippen LogP contribution < -0.4 is 9.47 Å². The van der Waals surface area contributed by atoms with E-state index in [9.17, 15) is 9.59 Å². The van der Waals surface area contributed by atoms with Crippen LogP contribution >= 0.6 is 0 Å². The molecule has 164 valence electrons. The molecule has 0 radical (unpaired) electrons. The van der Waals surface area contributed by atoms with Gasteiger partial charge in [0.25, 0.3) is 0 Å². The Morgan fingerprint density at radius 3 is 1.90 bits per heavy atom. The second-order valence-corrected chi connectivity index (χ2v) is 7.91. The highest BCUT2D eigenvalue weighted by Crippen LogP contribution is 2.29. The number of aldehydes is 2. The smallest absolute Gasteiger partial charge is 0.153 e. The molecule has 0 saturated carbocycles. The van der Waals surface area contributed by atoms with Crippen molar-refractivity contribution in [3.8, 4) is 11.5 Å². The number of rotatable bonds is 18. The third kappa shape index (κ3) is 10.5. The maximum atomic E-state index is 11.5. The van der Waals surface area contributed by atoms with Crippen molar-refractivity contribution in [1.29, 1.82) is 0 Å². The van der Waals surface area contributed by atoms with E-state index in [1.165, 1.54) is 51.4 Å². The summed E-state index contributed by atoms with van der Waals surface area (Å²) in [5.41, 5.74) is 0.873. The molecule has 1 aromatic rings. The van der Waals surface area contributed by atoms with Gasteiger partial charge in [-0.3, -0.25) is 9.59 Å². The van der Waals surface area contributed by atoms with Crippen LogP contribution in [0.2, 0.25) is 0 Å². The van der Waals surface area contributed by atoms with Crippen LogP contribution in [-0.4, -0.2) is 25.3 Å². The Bertz CT molecular complexity index is 582. The van der Waals surface area contributed by atoms with Crippen molar-refractivity contribution >= 4 is 12.6 Å². The number of ether oxygens (including phenoxy) is 2. The van der Waals surface area contributed by atoms with Gasteiger partial charge in [0.15, 0.2) is 12.6 Å². The topological polar surface area (TPSA) is 52.6 Å². The molecule has 0 bridgehead atoms. The summed E-state index contributed by atoms with van der Waals surface area (Å²) in [6, 6.07) is 3.28. The zero-order chi connectivity index (χ0) is 21.3. The highest BCUT2D eigenvalue weighted by molar-refractivity contribution is 5.87. The summed E-state index contributed by atoms with van der Waals surface area (Å²) >= 11 is 0. The van der Waals surface area contributed by atoms with Gasteiger partial charge in [-0.25, -0.2) is 0 Å². The lowest BCUT2D eigenvalue weighted by molar-refractivity contribution is 0.110. The monoisotopic (exact) mass is 404 g/mol. The predicted octanol–water partition coefficient (Wildman–Crippen LogP) is 7.18. The van der Waals surface area contributed by atoms with Gasteiger partial charge >= 0.3 is 0 Å². The fourth-order valence-corrected chi connectivity index (χ4v) is 3.38. The zero-order valence-corrected chi connectivity index (χ0v) is 18.7. The first-order valence-electron chi connectivity index (χ1n) is 11.5. The Morgan fingerprint density at radius 2 is 1.28 bits per heavy atom. The van der Waals surface area contributed by atoms with Gasteiger partial charge in [0.05, 0.1) is 23.8 Å². The van der Waals surface area contributed by atoms with Crippen molar-refractivity contribution in [2.75, 3.05) is 6.61 Å². The highest BCUT2D eigenvalue weighted by atomic mass is 16.5. The molecule has 4 heteroatoms. The Balaban J connectivity index is 2.58. The maximum Gasteiger partial charge on any atom is 0.153 e. The van der Waals surface area contributed by atoms with Crippen LogP contribution in [0.25, 0.3) is 0 Å². The van der Waals surface area contributed by atoms with Gasteiger partial charge in [-0.15, -0.1) is 0 Å². The summed E-state index contributed by atoms with van der Waals surface area (Å²) in [4.78, 5) is 23.1. The van der Waals surface area contributed by atoms with Crippen molar-refractivity contribution in [2.24, 2.45) is 0 Å². The Hall–Kier alpha value is -1.84. The molecule has 29 heavy (non-hydrogen) atoms. The summed E-state index contributed by atoms with van der Waals surface area (Å²) < 4.78 is 11.8. The summed E-state index contributed by atoms with van der Waals surface area (Å²) in [6.45, 7) is 6.98. The number of carbonyl (C=O) groups is 2. The van der Waals surface area contributed by atoms with Crippen molar-refractivity contribution in [3.63, 3.8) is 0 Å². The van der Waals surface area contributed by atoms with Crippen molar-refractivity contribution < 1.29 is 19.1 Å². The van der Waals surface area contributed by atoms with Crippen LogP contribution in [0, 0.1) is 0 Å². The van der Waals surface area contributed by atoms with Gasteiger partial charge in [0.1, 0.15) is 11.5 Å². The molecular formula is C25H40O4. The van der Waals surface area contributed by atoms with E-state index in [0.29, 0.717) is 29.2 Å². The van der Waals surface area contributed by atoms with Gasteiger partial charge < -0.3 is 9.47 Å². The fourth-order valence-electron chi connectivity index (χ4n) is 3.38. The van der Waals surface area contributed by atoms with Gasteiger partial charge in [-0.1, -0.05) is 71.6 Å². The highest BCUT2D eigenvalue weighted by Gasteiger charge is 2.14. The third-order valence-electron chi connectivity index (χ3n) is 5.19. The molecule has 0 fully saturated rings. The van der Waals surface area contributed by atoms with Crippen LogP contribution in [0.4, 0.5) is 0 Å². The van der Waals surface area contributed by atoms with Crippen LogP contribution in [0.1, 0.15) is 119 Å².